The fourth-order valence-corrected chi connectivity index (χ4v) is 2.40. The highest BCUT2D eigenvalue weighted by Crippen LogP contribution is 2.23. The lowest BCUT2D eigenvalue weighted by molar-refractivity contribution is -0.385. The molecule has 0 bridgehead atoms. The highest BCUT2D eigenvalue weighted by molar-refractivity contribution is 5.48. The van der Waals surface area contributed by atoms with Crippen molar-refractivity contribution in [3.8, 4) is 5.69 Å². The molecule has 3 rings (SSSR count). The Balaban J connectivity index is 1.80. The van der Waals surface area contributed by atoms with Crippen LogP contribution in [-0.2, 0) is 0 Å². The SMILES string of the molecule is Cc1cc(N[C@H](C)c2cccc(-n3cncn3)c2)ncc1[N+](=O)[O-]. The Morgan fingerprint density at radius 2 is 2.17 bits per heavy atom. The molecule has 3 aromatic rings. The summed E-state index contributed by atoms with van der Waals surface area (Å²) < 4.78 is 1.69. The monoisotopic (exact) mass is 324 g/mol. The summed E-state index contributed by atoms with van der Waals surface area (Å²) in [5.74, 6) is 0.594. The van der Waals surface area contributed by atoms with Crippen LogP contribution in [0.4, 0.5) is 11.5 Å². The minimum atomic E-state index is -0.433. The molecule has 8 heteroatoms. The molecule has 0 spiro atoms. The molecule has 0 radical (unpaired) electrons. The average Bonchev–Trinajstić information content (AvgIpc) is 3.09. The number of aryl methyl sites for hydroxylation is 1. The van der Waals surface area contributed by atoms with E-state index in [9.17, 15) is 10.1 Å². The third kappa shape index (κ3) is 3.22. The predicted octanol–water partition coefficient (Wildman–Crippen LogP) is 3.05. The van der Waals surface area contributed by atoms with Crippen molar-refractivity contribution in [3.05, 3.63) is 70.4 Å². The molecule has 0 aliphatic carbocycles. The van der Waals surface area contributed by atoms with Crippen LogP contribution in [0.5, 0.6) is 0 Å². The highest BCUT2D eigenvalue weighted by Gasteiger charge is 2.13. The molecule has 2 aromatic heterocycles. The van der Waals surface area contributed by atoms with E-state index in [1.165, 1.54) is 12.5 Å². The topological polar surface area (TPSA) is 98.8 Å². The summed E-state index contributed by atoms with van der Waals surface area (Å²) in [5, 5.41) is 18.2. The fourth-order valence-electron chi connectivity index (χ4n) is 2.40. The molecule has 1 atom stereocenters. The van der Waals surface area contributed by atoms with Gasteiger partial charge < -0.3 is 5.32 Å². The fraction of sp³-hybridized carbons (Fsp3) is 0.188. The molecule has 1 aromatic carbocycles. The number of anilines is 1. The Bertz CT molecular complexity index is 863. The third-order valence-electron chi connectivity index (χ3n) is 3.70. The summed E-state index contributed by atoms with van der Waals surface area (Å²) in [6, 6.07) is 9.54. The van der Waals surface area contributed by atoms with E-state index in [2.05, 4.69) is 20.4 Å². The van der Waals surface area contributed by atoms with E-state index in [0.29, 0.717) is 11.4 Å². The lowest BCUT2D eigenvalue weighted by atomic mass is 10.1. The first kappa shape index (κ1) is 15.6. The Morgan fingerprint density at radius 3 is 2.83 bits per heavy atom. The standard InChI is InChI=1S/C16H16N6O2/c1-11-6-16(18-8-15(11)22(23)24)20-12(2)13-4-3-5-14(7-13)21-10-17-9-19-21/h3-10,12H,1-2H3,(H,18,20)/t12-/m1/s1. The van der Waals surface area contributed by atoms with Gasteiger partial charge in [0, 0.05) is 5.56 Å². The zero-order valence-electron chi connectivity index (χ0n) is 13.2. The summed E-state index contributed by atoms with van der Waals surface area (Å²) in [7, 11) is 0. The molecule has 0 aliphatic heterocycles. The van der Waals surface area contributed by atoms with Crippen LogP contribution in [0, 0.1) is 17.0 Å². The summed E-state index contributed by atoms with van der Waals surface area (Å²) in [6.07, 6.45) is 4.40. The molecular weight excluding hydrogens is 308 g/mol. The van der Waals surface area contributed by atoms with E-state index < -0.39 is 4.92 Å². The van der Waals surface area contributed by atoms with Gasteiger partial charge >= 0.3 is 0 Å². The molecule has 1 N–H and O–H groups in total. The molecule has 0 aliphatic rings. The minimum Gasteiger partial charge on any atom is -0.364 e. The van der Waals surface area contributed by atoms with E-state index in [1.807, 2.05) is 31.2 Å². The zero-order chi connectivity index (χ0) is 17.1. The van der Waals surface area contributed by atoms with Crippen molar-refractivity contribution in [2.75, 3.05) is 5.32 Å². The van der Waals surface area contributed by atoms with Crippen LogP contribution < -0.4 is 5.32 Å². The minimum absolute atomic E-state index is 0.0152. The first-order chi connectivity index (χ1) is 11.5. The summed E-state index contributed by atoms with van der Waals surface area (Å²) in [6.45, 7) is 3.69. The van der Waals surface area contributed by atoms with Crippen molar-refractivity contribution in [1.29, 1.82) is 0 Å². The van der Waals surface area contributed by atoms with Crippen LogP contribution >= 0.6 is 0 Å². The van der Waals surface area contributed by atoms with Gasteiger partial charge in [0.05, 0.1) is 16.7 Å². The molecule has 24 heavy (non-hydrogen) atoms. The molecule has 2 heterocycles. The van der Waals surface area contributed by atoms with Crippen molar-refractivity contribution in [2.24, 2.45) is 0 Å². The Kier molecular flexibility index (Phi) is 4.19. The number of nitro groups is 1. The third-order valence-corrected chi connectivity index (χ3v) is 3.70. The van der Waals surface area contributed by atoms with Gasteiger partial charge in [0.2, 0.25) is 0 Å². The maximum absolute atomic E-state index is 10.9. The first-order valence-electron chi connectivity index (χ1n) is 7.37. The molecule has 0 saturated heterocycles. The van der Waals surface area contributed by atoms with E-state index in [0.717, 1.165) is 11.3 Å². The normalized spacial score (nSPS) is 11.9. The van der Waals surface area contributed by atoms with Crippen LogP contribution in [0.15, 0.2) is 49.2 Å². The number of rotatable bonds is 5. The van der Waals surface area contributed by atoms with Crippen molar-refractivity contribution < 1.29 is 4.92 Å². The highest BCUT2D eigenvalue weighted by atomic mass is 16.6. The Labute approximate surface area is 138 Å². The van der Waals surface area contributed by atoms with Crippen molar-refractivity contribution in [1.82, 2.24) is 19.7 Å². The molecule has 0 fully saturated rings. The second-order valence-corrected chi connectivity index (χ2v) is 5.41. The molecule has 0 saturated carbocycles. The van der Waals surface area contributed by atoms with Crippen LogP contribution in [0.3, 0.4) is 0 Å². The number of nitrogens with zero attached hydrogens (tertiary/aromatic N) is 5. The van der Waals surface area contributed by atoms with Crippen LogP contribution in [-0.4, -0.2) is 24.7 Å². The van der Waals surface area contributed by atoms with Gasteiger partial charge in [0.15, 0.2) is 0 Å². The number of benzene rings is 1. The lowest BCUT2D eigenvalue weighted by Crippen LogP contribution is -2.09. The van der Waals surface area contributed by atoms with Gasteiger partial charge in [-0.1, -0.05) is 12.1 Å². The first-order valence-corrected chi connectivity index (χ1v) is 7.37. The van der Waals surface area contributed by atoms with Gasteiger partial charge in [0.1, 0.15) is 24.7 Å². The second kappa shape index (κ2) is 6.45. The van der Waals surface area contributed by atoms with Crippen molar-refractivity contribution in [3.63, 3.8) is 0 Å². The van der Waals surface area contributed by atoms with E-state index in [4.69, 9.17) is 0 Å². The number of hydrogen-bond acceptors (Lipinski definition) is 6. The lowest BCUT2D eigenvalue weighted by Gasteiger charge is -2.16. The number of pyridine rings is 1. The molecule has 0 amide bonds. The molecule has 8 nitrogen and oxygen atoms in total. The van der Waals surface area contributed by atoms with Crippen molar-refractivity contribution in [2.45, 2.75) is 19.9 Å². The van der Waals surface area contributed by atoms with Gasteiger partial charge in [-0.25, -0.2) is 14.6 Å². The van der Waals surface area contributed by atoms with Gasteiger partial charge in [-0.3, -0.25) is 10.1 Å². The van der Waals surface area contributed by atoms with Crippen LogP contribution in [0.2, 0.25) is 0 Å². The quantitative estimate of drug-likeness (QED) is 0.572. The maximum atomic E-state index is 10.9. The summed E-state index contributed by atoms with van der Waals surface area (Å²) in [5.41, 5.74) is 2.54. The average molecular weight is 324 g/mol. The largest absolute Gasteiger partial charge is 0.364 e. The number of aromatic nitrogens is 4. The van der Waals surface area contributed by atoms with Gasteiger partial charge in [-0.05, 0) is 37.6 Å². The molecule has 0 unspecified atom stereocenters. The van der Waals surface area contributed by atoms with E-state index in [1.54, 1.807) is 24.0 Å². The Morgan fingerprint density at radius 1 is 1.33 bits per heavy atom. The summed E-state index contributed by atoms with van der Waals surface area (Å²) in [4.78, 5) is 18.5. The molecule has 122 valence electrons. The Hall–Kier alpha value is -3.29. The van der Waals surface area contributed by atoms with Crippen LogP contribution in [0.25, 0.3) is 5.69 Å². The predicted molar refractivity (Wildman–Crippen MR) is 89.0 cm³/mol. The van der Waals surface area contributed by atoms with Gasteiger partial charge in [0.25, 0.3) is 5.69 Å². The van der Waals surface area contributed by atoms with E-state index >= 15 is 0 Å². The van der Waals surface area contributed by atoms with Crippen molar-refractivity contribution >= 4 is 11.5 Å². The van der Waals surface area contributed by atoms with E-state index in [-0.39, 0.29) is 11.7 Å². The van der Waals surface area contributed by atoms with Crippen LogP contribution in [0.1, 0.15) is 24.1 Å². The van der Waals surface area contributed by atoms with Gasteiger partial charge in [-0.15, -0.1) is 0 Å². The summed E-state index contributed by atoms with van der Waals surface area (Å²) >= 11 is 0. The zero-order valence-corrected chi connectivity index (χ0v) is 13.2. The molecular formula is C16H16N6O2. The number of hydrogen-bond donors (Lipinski definition) is 1. The smallest absolute Gasteiger partial charge is 0.290 e. The van der Waals surface area contributed by atoms with Gasteiger partial charge in [-0.2, -0.15) is 5.10 Å². The second-order valence-electron chi connectivity index (χ2n) is 5.41. The maximum Gasteiger partial charge on any atom is 0.290 e. The number of nitrogens with one attached hydrogen (secondary N) is 1.